The van der Waals surface area contributed by atoms with E-state index in [0.717, 1.165) is 21.6 Å². The van der Waals surface area contributed by atoms with E-state index in [2.05, 4.69) is 10.3 Å². The molecule has 2 aromatic heterocycles. The Morgan fingerprint density at radius 1 is 1.32 bits per heavy atom. The number of methoxy groups -OCH3 is 1. The fraction of sp³-hybridized carbons (Fsp3) is 0.294. The Morgan fingerprint density at radius 2 is 2.14 bits per heavy atom. The molecule has 1 aliphatic rings. The molecule has 1 aromatic carbocycles. The lowest BCUT2D eigenvalue weighted by Crippen LogP contribution is -2.42. The highest BCUT2D eigenvalue weighted by Gasteiger charge is 2.40. The fourth-order valence-electron chi connectivity index (χ4n) is 3.12. The third-order valence-corrected chi connectivity index (χ3v) is 8.98. The number of thiazole rings is 1. The van der Waals surface area contributed by atoms with Gasteiger partial charge in [-0.25, -0.2) is 13.4 Å². The number of anilines is 1. The molecular weight excluding hydrogens is 442 g/mol. The van der Waals surface area contributed by atoms with Crippen molar-refractivity contribution >= 4 is 65.6 Å². The van der Waals surface area contributed by atoms with E-state index in [-0.39, 0.29) is 10.1 Å². The Labute approximate surface area is 175 Å². The normalized spacial score (nSPS) is 17.9. The van der Waals surface area contributed by atoms with Crippen LogP contribution in [0.15, 0.2) is 34.5 Å². The number of nitrogens with zero attached hydrogens (tertiary/aromatic N) is 2. The molecule has 1 unspecified atom stereocenters. The number of ether oxygens (including phenoxy) is 1. The molecule has 1 N–H and O–H groups in total. The van der Waals surface area contributed by atoms with Gasteiger partial charge in [0, 0.05) is 6.54 Å². The molecule has 28 heavy (non-hydrogen) atoms. The average molecular weight is 458 g/mol. The number of hydrogen-bond donors (Lipinski definition) is 1. The summed E-state index contributed by atoms with van der Waals surface area (Å²) in [4.78, 5) is 17.2. The van der Waals surface area contributed by atoms with Crippen LogP contribution in [-0.4, -0.2) is 43.3 Å². The second kappa shape index (κ2) is 7.60. The number of hydrogen-bond acceptors (Lipinski definition) is 7. The van der Waals surface area contributed by atoms with Gasteiger partial charge in [0.05, 0.1) is 21.7 Å². The number of fused-ring (bicyclic) bond motifs is 1. The molecule has 1 aliphatic heterocycles. The highest BCUT2D eigenvalue weighted by Crippen LogP contribution is 2.33. The van der Waals surface area contributed by atoms with Gasteiger partial charge in [0.25, 0.3) is 10.0 Å². The van der Waals surface area contributed by atoms with Crippen molar-refractivity contribution in [3.8, 4) is 5.75 Å². The van der Waals surface area contributed by atoms with Gasteiger partial charge in [0.1, 0.15) is 16.0 Å². The van der Waals surface area contributed by atoms with Gasteiger partial charge in [0.2, 0.25) is 5.91 Å². The monoisotopic (exact) mass is 457 g/mol. The lowest BCUT2D eigenvalue weighted by Gasteiger charge is -2.22. The summed E-state index contributed by atoms with van der Waals surface area (Å²) in [5, 5.41) is 3.20. The molecule has 0 spiro atoms. The first-order chi connectivity index (χ1) is 13.4. The molecule has 0 radical (unpaired) electrons. The van der Waals surface area contributed by atoms with E-state index >= 15 is 0 Å². The molecule has 7 nitrogen and oxygen atoms in total. The topological polar surface area (TPSA) is 88.6 Å². The minimum absolute atomic E-state index is 0.143. The van der Waals surface area contributed by atoms with E-state index in [1.165, 1.54) is 21.7 Å². The molecule has 0 bridgehead atoms. The van der Waals surface area contributed by atoms with Crippen LogP contribution in [0.25, 0.3) is 10.2 Å². The smallest absolute Gasteiger partial charge is 0.253 e. The van der Waals surface area contributed by atoms with Crippen LogP contribution >= 0.6 is 34.3 Å². The molecule has 4 rings (SSSR count). The Balaban J connectivity index is 1.55. The minimum Gasteiger partial charge on any atom is -0.497 e. The van der Waals surface area contributed by atoms with Crippen LogP contribution in [-0.2, 0) is 14.8 Å². The lowest BCUT2D eigenvalue weighted by molar-refractivity contribution is -0.119. The highest BCUT2D eigenvalue weighted by atomic mass is 35.5. The maximum Gasteiger partial charge on any atom is 0.253 e. The van der Waals surface area contributed by atoms with Gasteiger partial charge >= 0.3 is 0 Å². The molecule has 1 fully saturated rings. The van der Waals surface area contributed by atoms with Crippen molar-refractivity contribution in [3.63, 3.8) is 0 Å². The van der Waals surface area contributed by atoms with E-state index in [0.29, 0.717) is 34.6 Å². The van der Waals surface area contributed by atoms with Crippen LogP contribution in [0.5, 0.6) is 5.75 Å². The number of sulfonamides is 1. The van der Waals surface area contributed by atoms with Crippen molar-refractivity contribution in [2.75, 3.05) is 19.0 Å². The van der Waals surface area contributed by atoms with Crippen molar-refractivity contribution in [2.45, 2.75) is 23.1 Å². The van der Waals surface area contributed by atoms with Crippen molar-refractivity contribution in [3.05, 3.63) is 34.7 Å². The Bertz CT molecular complexity index is 1140. The summed E-state index contributed by atoms with van der Waals surface area (Å²) in [5.74, 6) is 0.325. The minimum atomic E-state index is -3.76. The maximum atomic E-state index is 12.9. The summed E-state index contributed by atoms with van der Waals surface area (Å²) in [5.41, 5.74) is 0.741. The third kappa shape index (κ3) is 3.62. The molecule has 0 saturated carbocycles. The largest absolute Gasteiger partial charge is 0.497 e. The van der Waals surface area contributed by atoms with Crippen molar-refractivity contribution in [1.29, 1.82) is 0 Å². The van der Waals surface area contributed by atoms with Crippen molar-refractivity contribution in [1.82, 2.24) is 9.29 Å². The summed E-state index contributed by atoms with van der Waals surface area (Å²) in [6.07, 6.45) is 1.08. The Morgan fingerprint density at radius 3 is 2.86 bits per heavy atom. The predicted molar refractivity (Wildman–Crippen MR) is 111 cm³/mol. The van der Waals surface area contributed by atoms with Crippen molar-refractivity contribution < 1.29 is 17.9 Å². The van der Waals surface area contributed by atoms with Gasteiger partial charge in [-0.05, 0) is 43.2 Å². The van der Waals surface area contributed by atoms with E-state index in [9.17, 15) is 13.2 Å². The first-order valence-electron chi connectivity index (χ1n) is 8.41. The molecule has 1 saturated heterocycles. The van der Waals surface area contributed by atoms with Crippen LogP contribution in [0.1, 0.15) is 12.8 Å². The van der Waals surface area contributed by atoms with Gasteiger partial charge in [0.15, 0.2) is 5.13 Å². The first kappa shape index (κ1) is 19.6. The summed E-state index contributed by atoms with van der Waals surface area (Å²) in [6, 6.07) is 7.69. The molecule has 3 aromatic rings. The Kier molecular flexibility index (Phi) is 5.32. The molecule has 0 aliphatic carbocycles. The second-order valence-electron chi connectivity index (χ2n) is 6.17. The lowest BCUT2D eigenvalue weighted by atomic mass is 10.2. The predicted octanol–water partition coefficient (Wildman–Crippen LogP) is 3.81. The van der Waals surface area contributed by atoms with Crippen LogP contribution in [0.3, 0.4) is 0 Å². The van der Waals surface area contributed by atoms with Gasteiger partial charge in [-0.15, -0.1) is 11.3 Å². The van der Waals surface area contributed by atoms with Gasteiger partial charge in [-0.1, -0.05) is 22.9 Å². The van der Waals surface area contributed by atoms with Gasteiger partial charge in [-0.2, -0.15) is 4.31 Å². The molecule has 148 valence electrons. The average Bonchev–Trinajstić information content (AvgIpc) is 3.39. The fourth-order valence-corrected chi connectivity index (χ4v) is 7.28. The first-order valence-corrected chi connectivity index (χ1v) is 11.9. The van der Waals surface area contributed by atoms with Crippen LogP contribution in [0, 0.1) is 0 Å². The van der Waals surface area contributed by atoms with Gasteiger partial charge < -0.3 is 10.1 Å². The van der Waals surface area contributed by atoms with E-state index in [4.69, 9.17) is 16.3 Å². The zero-order chi connectivity index (χ0) is 19.9. The number of rotatable bonds is 5. The number of thiophene rings is 1. The summed E-state index contributed by atoms with van der Waals surface area (Å²) >= 11 is 8.18. The van der Waals surface area contributed by atoms with E-state index < -0.39 is 16.1 Å². The second-order valence-corrected chi connectivity index (χ2v) is 11.0. The SMILES string of the molecule is COc1ccc2nc(NC(=O)C3CCCN3S(=O)(=O)c3ccc(Cl)s3)sc2c1. The molecular formula is C17H16ClN3O4S3. The molecule has 11 heteroatoms. The molecule has 3 heterocycles. The van der Waals surface area contributed by atoms with E-state index in [1.807, 2.05) is 12.1 Å². The zero-order valence-electron chi connectivity index (χ0n) is 14.7. The van der Waals surface area contributed by atoms with Gasteiger partial charge in [-0.3, -0.25) is 4.79 Å². The van der Waals surface area contributed by atoms with Crippen LogP contribution < -0.4 is 10.1 Å². The third-order valence-electron chi connectivity index (χ3n) is 4.44. The number of halogens is 1. The Hall–Kier alpha value is -1.72. The molecule has 1 atom stereocenters. The molecule has 1 amide bonds. The van der Waals surface area contributed by atoms with Crippen molar-refractivity contribution in [2.24, 2.45) is 0 Å². The number of amides is 1. The van der Waals surface area contributed by atoms with Crippen LogP contribution in [0.4, 0.5) is 5.13 Å². The standard InChI is InChI=1S/C17H16ClN3O4S3/c1-25-10-4-5-11-13(9-10)26-17(19-11)20-16(22)12-3-2-8-21(12)28(23,24)15-7-6-14(18)27-15/h4-7,9,12H,2-3,8H2,1H3,(H,19,20,22). The zero-order valence-corrected chi connectivity index (χ0v) is 17.9. The number of carbonyl (C=O) groups is 1. The highest BCUT2D eigenvalue weighted by molar-refractivity contribution is 7.91. The summed E-state index contributed by atoms with van der Waals surface area (Å²) in [6.45, 7) is 0.299. The number of nitrogens with one attached hydrogen (secondary N) is 1. The van der Waals surface area contributed by atoms with Crippen LogP contribution in [0.2, 0.25) is 4.34 Å². The number of benzene rings is 1. The number of aromatic nitrogens is 1. The maximum absolute atomic E-state index is 12.9. The summed E-state index contributed by atoms with van der Waals surface area (Å²) < 4.78 is 33.7. The van der Waals surface area contributed by atoms with E-state index in [1.54, 1.807) is 19.2 Å². The quantitative estimate of drug-likeness (QED) is 0.629. The summed E-state index contributed by atoms with van der Waals surface area (Å²) in [7, 11) is -2.18. The number of carbonyl (C=O) groups excluding carboxylic acids is 1.